The maximum atomic E-state index is 12.6. The number of rotatable bonds is 4. The monoisotopic (exact) mass is 372 g/mol. The largest absolute Gasteiger partial charge is 0.496 e. The van der Waals surface area contributed by atoms with Gasteiger partial charge in [-0.05, 0) is 43.2 Å². The van der Waals surface area contributed by atoms with Crippen LogP contribution >= 0.6 is 11.6 Å². The van der Waals surface area contributed by atoms with Crippen molar-refractivity contribution in [1.82, 2.24) is 10.2 Å². The molecule has 0 aromatic heterocycles. The number of methoxy groups -OCH3 is 1. The molecule has 0 bridgehead atoms. The van der Waals surface area contributed by atoms with Crippen LogP contribution in [-0.2, 0) is 0 Å². The highest BCUT2D eigenvalue weighted by Gasteiger charge is 2.25. The molecule has 1 aliphatic heterocycles. The molecule has 2 amide bonds. The molecule has 26 heavy (non-hydrogen) atoms. The minimum absolute atomic E-state index is 0.0195. The van der Waals surface area contributed by atoms with Crippen molar-refractivity contribution >= 4 is 23.4 Å². The minimum atomic E-state index is -0.211. The molecule has 6 heteroatoms. The van der Waals surface area contributed by atoms with E-state index in [0.717, 1.165) is 0 Å². The Morgan fingerprint density at radius 3 is 2.46 bits per heavy atom. The summed E-state index contributed by atoms with van der Waals surface area (Å²) in [6, 6.07) is 14.2. The quantitative estimate of drug-likeness (QED) is 0.895. The van der Waals surface area contributed by atoms with Crippen LogP contribution in [0, 0.1) is 0 Å². The molecule has 5 nitrogen and oxygen atoms in total. The Morgan fingerprint density at radius 1 is 1.12 bits per heavy atom. The normalized spacial score (nSPS) is 14.8. The summed E-state index contributed by atoms with van der Waals surface area (Å²) >= 11 is 5.99. The van der Waals surface area contributed by atoms with Gasteiger partial charge in [0.15, 0.2) is 0 Å². The fourth-order valence-corrected chi connectivity index (χ4v) is 3.28. The summed E-state index contributed by atoms with van der Waals surface area (Å²) in [5.74, 6) is 0.313. The van der Waals surface area contributed by atoms with Crippen molar-refractivity contribution in [3.8, 4) is 5.75 Å². The number of ether oxygens (including phenoxy) is 1. The smallest absolute Gasteiger partial charge is 0.255 e. The highest BCUT2D eigenvalue weighted by Crippen LogP contribution is 2.23. The third-order valence-corrected chi connectivity index (χ3v) is 4.78. The number of benzene rings is 2. The third-order valence-electron chi connectivity index (χ3n) is 4.54. The summed E-state index contributed by atoms with van der Waals surface area (Å²) < 4.78 is 5.24. The summed E-state index contributed by atoms with van der Waals surface area (Å²) in [7, 11) is 1.52. The van der Waals surface area contributed by atoms with Gasteiger partial charge in [0.05, 0.1) is 12.7 Å². The van der Waals surface area contributed by atoms with Crippen molar-refractivity contribution in [2.75, 3.05) is 20.2 Å². The van der Waals surface area contributed by atoms with Gasteiger partial charge in [-0.3, -0.25) is 9.59 Å². The molecule has 1 saturated heterocycles. The van der Waals surface area contributed by atoms with Gasteiger partial charge in [0.2, 0.25) is 0 Å². The average molecular weight is 373 g/mol. The van der Waals surface area contributed by atoms with Gasteiger partial charge >= 0.3 is 0 Å². The summed E-state index contributed by atoms with van der Waals surface area (Å²) in [6.07, 6.45) is 1.43. The molecule has 0 saturated carbocycles. The molecule has 1 N–H and O–H groups in total. The molecule has 2 aromatic carbocycles. The van der Waals surface area contributed by atoms with Crippen LogP contribution in [0.15, 0.2) is 48.5 Å². The summed E-state index contributed by atoms with van der Waals surface area (Å²) in [5.41, 5.74) is 1.11. The number of likely N-dealkylation sites (tertiary alicyclic amines) is 1. The lowest BCUT2D eigenvalue weighted by molar-refractivity contribution is 0.0698. The highest BCUT2D eigenvalue weighted by atomic mass is 35.5. The fourth-order valence-electron chi connectivity index (χ4n) is 3.11. The first-order valence-corrected chi connectivity index (χ1v) is 8.95. The van der Waals surface area contributed by atoms with Gasteiger partial charge in [-0.2, -0.15) is 0 Å². The zero-order valence-electron chi connectivity index (χ0n) is 14.6. The number of nitrogens with zero attached hydrogens (tertiary/aromatic N) is 1. The predicted molar refractivity (Wildman–Crippen MR) is 101 cm³/mol. The van der Waals surface area contributed by atoms with Crippen LogP contribution in [0.3, 0.4) is 0 Å². The minimum Gasteiger partial charge on any atom is -0.496 e. The van der Waals surface area contributed by atoms with Crippen LogP contribution in [0.4, 0.5) is 0 Å². The van der Waals surface area contributed by atoms with E-state index >= 15 is 0 Å². The lowest BCUT2D eigenvalue weighted by Crippen LogP contribution is -2.46. The third kappa shape index (κ3) is 4.17. The van der Waals surface area contributed by atoms with E-state index in [1.165, 1.54) is 7.11 Å². The molecule has 0 unspecified atom stereocenters. The van der Waals surface area contributed by atoms with Gasteiger partial charge in [-0.1, -0.05) is 29.8 Å². The molecule has 2 aromatic rings. The summed E-state index contributed by atoms with van der Waals surface area (Å²) in [5, 5.41) is 3.51. The number of hydrogen-bond donors (Lipinski definition) is 1. The lowest BCUT2D eigenvalue weighted by Gasteiger charge is -2.32. The molecule has 136 valence electrons. The highest BCUT2D eigenvalue weighted by molar-refractivity contribution is 6.31. The molecule has 0 spiro atoms. The van der Waals surface area contributed by atoms with Crippen LogP contribution in [0.1, 0.15) is 33.6 Å². The molecular weight excluding hydrogens is 352 g/mol. The predicted octanol–water partition coefficient (Wildman–Crippen LogP) is 3.38. The number of hydrogen-bond acceptors (Lipinski definition) is 3. The number of carbonyl (C=O) groups excluding carboxylic acids is 2. The van der Waals surface area contributed by atoms with Crippen molar-refractivity contribution < 1.29 is 14.3 Å². The molecular formula is C20H21ClN2O3. The van der Waals surface area contributed by atoms with E-state index in [4.69, 9.17) is 16.3 Å². The van der Waals surface area contributed by atoms with E-state index < -0.39 is 0 Å². The molecule has 0 atom stereocenters. The van der Waals surface area contributed by atoms with Gasteiger partial charge in [-0.25, -0.2) is 0 Å². The number of carbonyl (C=O) groups is 2. The molecule has 1 aliphatic rings. The Balaban J connectivity index is 1.58. The number of piperidine rings is 1. The van der Waals surface area contributed by atoms with Gasteiger partial charge in [0, 0.05) is 29.7 Å². The first-order valence-electron chi connectivity index (χ1n) is 8.57. The van der Waals surface area contributed by atoms with E-state index in [2.05, 4.69) is 5.32 Å². The Hall–Kier alpha value is -2.53. The maximum Gasteiger partial charge on any atom is 0.255 e. The van der Waals surface area contributed by atoms with Crippen LogP contribution in [0.2, 0.25) is 5.02 Å². The van der Waals surface area contributed by atoms with Gasteiger partial charge in [-0.15, -0.1) is 0 Å². The molecule has 1 heterocycles. The van der Waals surface area contributed by atoms with E-state index in [0.29, 0.717) is 47.8 Å². The molecule has 3 rings (SSSR count). The average Bonchev–Trinajstić information content (AvgIpc) is 2.68. The van der Waals surface area contributed by atoms with E-state index in [1.54, 1.807) is 18.2 Å². The molecule has 1 fully saturated rings. The van der Waals surface area contributed by atoms with Crippen LogP contribution in [-0.4, -0.2) is 43.0 Å². The molecule has 0 radical (unpaired) electrons. The van der Waals surface area contributed by atoms with Crippen molar-refractivity contribution in [2.24, 2.45) is 0 Å². The van der Waals surface area contributed by atoms with Crippen LogP contribution in [0.25, 0.3) is 0 Å². The first-order chi connectivity index (χ1) is 12.6. The van der Waals surface area contributed by atoms with E-state index in [1.807, 2.05) is 35.2 Å². The fraction of sp³-hybridized carbons (Fsp3) is 0.300. The van der Waals surface area contributed by atoms with Crippen molar-refractivity contribution in [3.63, 3.8) is 0 Å². The zero-order chi connectivity index (χ0) is 18.5. The van der Waals surface area contributed by atoms with Crippen LogP contribution in [0.5, 0.6) is 5.75 Å². The zero-order valence-corrected chi connectivity index (χ0v) is 15.3. The Labute approximate surface area is 157 Å². The Kier molecular flexibility index (Phi) is 5.78. The topological polar surface area (TPSA) is 58.6 Å². The van der Waals surface area contributed by atoms with Crippen molar-refractivity contribution in [1.29, 1.82) is 0 Å². The number of nitrogens with one attached hydrogen (secondary N) is 1. The van der Waals surface area contributed by atoms with Gasteiger partial charge in [0.1, 0.15) is 5.75 Å². The van der Waals surface area contributed by atoms with Gasteiger partial charge in [0.25, 0.3) is 11.8 Å². The number of halogens is 1. The second-order valence-electron chi connectivity index (χ2n) is 6.25. The Morgan fingerprint density at radius 2 is 1.81 bits per heavy atom. The SMILES string of the molecule is COc1ccc(Cl)cc1C(=O)NC1CCN(C(=O)c2ccccc2)CC1. The lowest BCUT2D eigenvalue weighted by atomic mass is 10.0. The Bertz CT molecular complexity index is 787. The molecule has 0 aliphatic carbocycles. The van der Waals surface area contributed by atoms with Crippen molar-refractivity contribution in [3.05, 3.63) is 64.7 Å². The number of amides is 2. The van der Waals surface area contributed by atoms with E-state index in [-0.39, 0.29) is 17.9 Å². The van der Waals surface area contributed by atoms with Gasteiger partial charge < -0.3 is 15.0 Å². The van der Waals surface area contributed by atoms with Crippen LogP contribution < -0.4 is 10.1 Å². The standard InChI is InChI=1S/C20H21ClN2O3/c1-26-18-8-7-15(21)13-17(18)19(24)22-16-9-11-23(12-10-16)20(25)14-5-3-2-4-6-14/h2-8,13,16H,9-12H2,1H3,(H,22,24). The summed E-state index contributed by atoms with van der Waals surface area (Å²) in [6.45, 7) is 1.23. The first kappa shape index (κ1) is 18.3. The second kappa shape index (κ2) is 8.23. The summed E-state index contributed by atoms with van der Waals surface area (Å²) in [4.78, 5) is 26.9. The van der Waals surface area contributed by atoms with E-state index in [9.17, 15) is 9.59 Å². The van der Waals surface area contributed by atoms with Crippen molar-refractivity contribution in [2.45, 2.75) is 18.9 Å². The maximum absolute atomic E-state index is 12.6. The second-order valence-corrected chi connectivity index (χ2v) is 6.69.